The van der Waals surface area contributed by atoms with Gasteiger partial charge in [-0.3, -0.25) is 19.4 Å². The summed E-state index contributed by atoms with van der Waals surface area (Å²) < 4.78 is 0. The highest BCUT2D eigenvalue weighted by atomic mass is 16.4. The Hall–Kier alpha value is -2.42. The minimum Gasteiger partial charge on any atom is -0.481 e. The molecule has 0 amide bonds. The zero-order valence-corrected chi connectivity index (χ0v) is 9.25. The standard InChI is InChI=1S/C5H9NO4.C4H4N2O2/c6-3(5(9)10)1-2-4(7)8;7-3-1-2-5-4(8)6-3/h3H,1-2,6H2,(H,7,8)(H,9,10);1-2H,(H2,5,6,7,8)/t3-;/m0./s1. The van der Waals surface area contributed by atoms with Gasteiger partial charge in [0.05, 0.1) is 0 Å². The van der Waals surface area contributed by atoms with Gasteiger partial charge in [0.2, 0.25) is 0 Å². The number of rotatable bonds is 4. The van der Waals surface area contributed by atoms with Crippen molar-refractivity contribution in [1.82, 2.24) is 9.97 Å². The average Bonchev–Trinajstić information content (AvgIpc) is 2.26. The molecule has 6 N–H and O–H groups in total. The molecule has 0 saturated carbocycles. The van der Waals surface area contributed by atoms with Crippen LogP contribution in [0.15, 0.2) is 21.9 Å². The van der Waals surface area contributed by atoms with Crippen LogP contribution in [0.3, 0.4) is 0 Å². The van der Waals surface area contributed by atoms with E-state index in [2.05, 4.69) is 4.98 Å². The number of nitrogens with two attached hydrogens (primary N) is 1. The Morgan fingerprint density at radius 2 is 1.94 bits per heavy atom. The molecular formula is C9H13N3O6. The maximum Gasteiger partial charge on any atom is 0.325 e. The molecule has 0 bridgehead atoms. The molecule has 1 heterocycles. The van der Waals surface area contributed by atoms with E-state index in [1.165, 1.54) is 12.3 Å². The first-order valence-corrected chi connectivity index (χ1v) is 4.81. The fourth-order valence-corrected chi connectivity index (χ4v) is 0.785. The van der Waals surface area contributed by atoms with Gasteiger partial charge in [-0.15, -0.1) is 0 Å². The molecule has 0 aliphatic carbocycles. The number of carboxylic acids is 2. The zero-order chi connectivity index (χ0) is 14.1. The van der Waals surface area contributed by atoms with Gasteiger partial charge < -0.3 is 20.9 Å². The van der Waals surface area contributed by atoms with E-state index in [9.17, 15) is 19.2 Å². The number of aromatic nitrogens is 2. The van der Waals surface area contributed by atoms with E-state index in [1.807, 2.05) is 4.98 Å². The fourth-order valence-electron chi connectivity index (χ4n) is 0.785. The third-order valence-corrected chi connectivity index (χ3v) is 1.67. The predicted molar refractivity (Wildman–Crippen MR) is 60.2 cm³/mol. The molecule has 1 aromatic heterocycles. The predicted octanol–water partition coefficient (Wildman–Crippen LogP) is -1.67. The van der Waals surface area contributed by atoms with Gasteiger partial charge in [0.25, 0.3) is 5.56 Å². The highest BCUT2D eigenvalue weighted by molar-refractivity contribution is 5.74. The van der Waals surface area contributed by atoms with Gasteiger partial charge in [-0.1, -0.05) is 0 Å². The molecule has 0 aromatic carbocycles. The normalized spacial score (nSPS) is 10.9. The van der Waals surface area contributed by atoms with Crippen molar-refractivity contribution < 1.29 is 19.8 Å². The Bertz CT molecular complexity index is 480. The van der Waals surface area contributed by atoms with E-state index in [0.717, 1.165) is 0 Å². The van der Waals surface area contributed by atoms with Crippen molar-refractivity contribution in [2.45, 2.75) is 18.9 Å². The van der Waals surface area contributed by atoms with E-state index in [-0.39, 0.29) is 18.4 Å². The van der Waals surface area contributed by atoms with Gasteiger partial charge >= 0.3 is 17.6 Å². The quantitative estimate of drug-likeness (QED) is 0.430. The number of carboxylic acid groups (broad SMARTS) is 2. The lowest BCUT2D eigenvalue weighted by molar-refractivity contribution is -0.139. The molecule has 0 fully saturated rings. The Kier molecular flexibility index (Phi) is 6.74. The van der Waals surface area contributed by atoms with Gasteiger partial charge in [-0.05, 0) is 6.42 Å². The second kappa shape index (κ2) is 7.79. The summed E-state index contributed by atoms with van der Waals surface area (Å²) in [4.78, 5) is 44.5. The summed E-state index contributed by atoms with van der Waals surface area (Å²) >= 11 is 0. The molecule has 0 aliphatic heterocycles. The molecule has 1 aromatic rings. The molecule has 0 saturated heterocycles. The summed E-state index contributed by atoms with van der Waals surface area (Å²) in [5, 5.41) is 16.3. The summed E-state index contributed by atoms with van der Waals surface area (Å²) in [6.45, 7) is 0. The van der Waals surface area contributed by atoms with Crippen LogP contribution >= 0.6 is 0 Å². The minimum absolute atomic E-state index is 0.0231. The topological polar surface area (TPSA) is 166 Å². The molecule has 9 nitrogen and oxygen atoms in total. The third kappa shape index (κ3) is 7.82. The number of hydrogen-bond donors (Lipinski definition) is 5. The lowest BCUT2D eigenvalue weighted by Crippen LogP contribution is -2.30. The number of nitrogens with one attached hydrogen (secondary N) is 2. The van der Waals surface area contributed by atoms with Crippen LogP contribution in [0, 0.1) is 0 Å². The first-order valence-electron chi connectivity index (χ1n) is 4.81. The van der Waals surface area contributed by atoms with Crippen molar-refractivity contribution in [2.24, 2.45) is 5.73 Å². The molecule has 100 valence electrons. The van der Waals surface area contributed by atoms with Gasteiger partial charge in [0.15, 0.2) is 0 Å². The van der Waals surface area contributed by atoms with Crippen molar-refractivity contribution in [3.05, 3.63) is 33.1 Å². The molecule has 0 aliphatic rings. The monoisotopic (exact) mass is 259 g/mol. The van der Waals surface area contributed by atoms with Crippen molar-refractivity contribution in [3.63, 3.8) is 0 Å². The number of aromatic amines is 2. The summed E-state index contributed by atoms with van der Waals surface area (Å²) in [5.41, 5.74) is 4.15. The first-order chi connectivity index (χ1) is 8.32. The Balaban J connectivity index is 0.000000327. The number of H-pyrrole nitrogens is 2. The second-order valence-electron chi connectivity index (χ2n) is 3.17. The number of hydrogen-bond acceptors (Lipinski definition) is 5. The van der Waals surface area contributed by atoms with Crippen LogP contribution in [-0.2, 0) is 9.59 Å². The molecule has 0 radical (unpaired) electrons. The maximum atomic E-state index is 10.2. The van der Waals surface area contributed by atoms with Crippen LogP contribution in [0.1, 0.15) is 12.8 Å². The van der Waals surface area contributed by atoms with Crippen molar-refractivity contribution in [1.29, 1.82) is 0 Å². The Labute approximate surface area is 100 Å². The van der Waals surface area contributed by atoms with Gasteiger partial charge in [0, 0.05) is 18.7 Å². The number of aliphatic carboxylic acids is 2. The SMILES string of the molecule is N[C@@H](CCC(=O)O)C(=O)O.O=c1cc[nH]c(=O)[nH]1. The van der Waals surface area contributed by atoms with E-state index < -0.39 is 23.7 Å². The second-order valence-corrected chi connectivity index (χ2v) is 3.17. The van der Waals surface area contributed by atoms with Crippen LogP contribution < -0.4 is 17.0 Å². The summed E-state index contributed by atoms with van der Waals surface area (Å²) in [5.74, 6) is -2.20. The maximum absolute atomic E-state index is 10.2. The van der Waals surface area contributed by atoms with Crippen molar-refractivity contribution >= 4 is 11.9 Å². The van der Waals surface area contributed by atoms with E-state index in [4.69, 9.17) is 15.9 Å². The van der Waals surface area contributed by atoms with Gasteiger partial charge in [-0.25, -0.2) is 4.79 Å². The van der Waals surface area contributed by atoms with Crippen molar-refractivity contribution in [2.75, 3.05) is 0 Å². The fraction of sp³-hybridized carbons (Fsp3) is 0.333. The Morgan fingerprint density at radius 1 is 1.33 bits per heavy atom. The van der Waals surface area contributed by atoms with Crippen molar-refractivity contribution in [3.8, 4) is 0 Å². The number of carbonyl (C=O) groups is 2. The molecule has 1 rings (SSSR count). The molecule has 18 heavy (non-hydrogen) atoms. The Morgan fingerprint density at radius 3 is 2.28 bits per heavy atom. The van der Waals surface area contributed by atoms with Gasteiger partial charge in [0.1, 0.15) is 6.04 Å². The lowest BCUT2D eigenvalue weighted by Gasteiger charge is -2.01. The molecule has 0 spiro atoms. The van der Waals surface area contributed by atoms with Crippen LogP contribution in [-0.4, -0.2) is 38.2 Å². The zero-order valence-electron chi connectivity index (χ0n) is 9.25. The van der Waals surface area contributed by atoms with Crippen LogP contribution in [0.25, 0.3) is 0 Å². The highest BCUT2D eigenvalue weighted by Crippen LogP contribution is 1.93. The van der Waals surface area contributed by atoms with E-state index in [1.54, 1.807) is 0 Å². The summed E-state index contributed by atoms with van der Waals surface area (Å²) in [6.07, 6.45) is 1.07. The van der Waals surface area contributed by atoms with E-state index >= 15 is 0 Å². The molecular weight excluding hydrogens is 246 g/mol. The smallest absolute Gasteiger partial charge is 0.325 e. The highest BCUT2D eigenvalue weighted by Gasteiger charge is 2.12. The van der Waals surface area contributed by atoms with E-state index in [0.29, 0.717) is 0 Å². The summed E-state index contributed by atoms with van der Waals surface area (Å²) in [6, 6.07) is 0.178. The van der Waals surface area contributed by atoms with Gasteiger partial charge in [-0.2, -0.15) is 0 Å². The lowest BCUT2D eigenvalue weighted by atomic mass is 10.2. The molecule has 9 heteroatoms. The third-order valence-electron chi connectivity index (χ3n) is 1.67. The average molecular weight is 259 g/mol. The molecule has 1 atom stereocenters. The molecule has 0 unspecified atom stereocenters. The first kappa shape index (κ1) is 15.6. The van der Waals surface area contributed by atoms with Crippen LogP contribution in [0.2, 0.25) is 0 Å². The minimum atomic E-state index is -1.17. The van der Waals surface area contributed by atoms with Crippen LogP contribution in [0.4, 0.5) is 0 Å². The van der Waals surface area contributed by atoms with Crippen LogP contribution in [0.5, 0.6) is 0 Å². The summed E-state index contributed by atoms with van der Waals surface area (Å²) in [7, 11) is 0. The largest absolute Gasteiger partial charge is 0.481 e.